The van der Waals surface area contributed by atoms with Crippen molar-refractivity contribution in [1.82, 2.24) is 0 Å². The minimum atomic E-state index is -1.89. The van der Waals surface area contributed by atoms with E-state index in [1.807, 2.05) is 0 Å². The summed E-state index contributed by atoms with van der Waals surface area (Å²) >= 11 is 0. The van der Waals surface area contributed by atoms with E-state index in [0.717, 1.165) is 18.4 Å². The molecule has 0 amide bonds. The quantitative estimate of drug-likeness (QED) is 0.496. The average Bonchev–Trinajstić information content (AvgIpc) is 2.34. The number of hydrogen-bond donors (Lipinski definition) is 1. The fourth-order valence-electron chi connectivity index (χ4n) is 4.71. The van der Waals surface area contributed by atoms with Gasteiger partial charge in [-0.1, -0.05) is 60.1 Å². The Labute approximate surface area is 150 Å². The third kappa shape index (κ3) is 3.14. The average molecular weight is 351 g/mol. The van der Waals surface area contributed by atoms with E-state index in [9.17, 15) is 5.11 Å². The summed E-state index contributed by atoms with van der Waals surface area (Å²) in [5, 5.41) is 10.3. The van der Waals surface area contributed by atoms with Crippen LogP contribution in [-0.2, 0) is 4.43 Å². The lowest BCUT2D eigenvalue weighted by atomic mass is 9.52. The van der Waals surface area contributed by atoms with Crippen molar-refractivity contribution in [2.45, 2.75) is 85.4 Å². The maximum absolute atomic E-state index is 10.1. The summed E-state index contributed by atoms with van der Waals surface area (Å²) in [4.78, 5) is 0. The second-order valence-electron chi connectivity index (χ2n) is 10.4. The lowest BCUT2D eigenvalue weighted by molar-refractivity contribution is 0.0774. The molecule has 2 nitrogen and oxygen atoms in total. The second-order valence-corrected chi connectivity index (χ2v) is 15.1. The van der Waals surface area contributed by atoms with Crippen LogP contribution in [0, 0.1) is 16.7 Å². The van der Waals surface area contributed by atoms with Gasteiger partial charge in [-0.15, -0.1) is 0 Å². The Morgan fingerprint density at radius 2 is 1.79 bits per heavy atom. The van der Waals surface area contributed by atoms with Crippen LogP contribution in [0.4, 0.5) is 0 Å². The first-order chi connectivity index (χ1) is 10.8. The zero-order valence-electron chi connectivity index (χ0n) is 17.2. The molecule has 24 heavy (non-hydrogen) atoms. The Morgan fingerprint density at radius 3 is 2.29 bits per heavy atom. The van der Waals surface area contributed by atoms with Gasteiger partial charge in [0, 0.05) is 17.8 Å². The van der Waals surface area contributed by atoms with Crippen molar-refractivity contribution < 1.29 is 9.53 Å². The van der Waals surface area contributed by atoms with Gasteiger partial charge in [-0.2, -0.15) is 0 Å². The van der Waals surface area contributed by atoms with Gasteiger partial charge in [-0.3, -0.25) is 0 Å². The van der Waals surface area contributed by atoms with Crippen LogP contribution >= 0.6 is 0 Å². The van der Waals surface area contributed by atoms with E-state index < -0.39 is 8.32 Å². The summed E-state index contributed by atoms with van der Waals surface area (Å²) in [7, 11) is -1.89. The molecule has 0 radical (unpaired) electrons. The summed E-state index contributed by atoms with van der Waals surface area (Å²) in [6, 6.07) is 0. The topological polar surface area (TPSA) is 29.5 Å². The fraction of sp³-hybridized carbons (Fsp3) is 0.810. The van der Waals surface area contributed by atoms with Crippen LogP contribution in [0.5, 0.6) is 0 Å². The van der Waals surface area contributed by atoms with Crippen molar-refractivity contribution in [2.75, 3.05) is 6.61 Å². The maximum Gasteiger partial charge on any atom is 0.250 e. The molecule has 0 bridgehead atoms. The molecule has 2 aliphatic rings. The van der Waals surface area contributed by atoms with Gasteiger partial charge in [0.25, 0.3) is 0 Å². The van der Waals surface area contributed by atoms with Crippen molar-refractivity contribution in [2.24, 2.45) is 16.7 Å². The van der Waals surface area contributed by atoms with Gasteiger partial charge in [0.1, 0.15) is 0 Å². The van der Waals surface area contributed by atoms with Crippen LogP contribution in [0.25, 0.3) is 0 Å². The van der Waals surface area contributed by atoms with Crippen molar-refractivity contribution in [3.8, 4) is 0 Å². The molecule has 2 rings (SSSR count). The molecule has 3 heteroatoms. The van der Waals surface area contributed by atoms with Crippen LogP contribution in [0.1, 0.15) is 67.2 Å². The molecule has 138 valence electrons. The predicted molar refractivity (Wildman–Crippen MR) is 105 cm³/mol. The van der Waals surface area contributed by atoms with E-state index in [0.29, 0.717) is 0 Å². The number of fused-ring (bicyclic) bond motifs is 1. The van der Waals surface area contributed by atoms with Gasteiger partial charge in [0.15, 0.2) is 0 Å². The highest BCUT2D eigenvalue weighted by Gasteiger charge is 2.52. The first kappa shape index (κ1) is 19.8. The third-order valence-corrected chi connectivity index (χ3v) is 11.4. The van der Waals surface area contributed by atoms with E-state index in [2.05, 4.69) is 61.2 Å². The van der Waals surface area contributed by atoms with Gasteiger partial charge in [0.05, 0.1) is 12.4 Å². The molecule has 0 aromatic carbocycles. The smallest absolute Gasteiger partial charge is 0.250 e. The molecule has 2 aliphatic carbocycles. The Kier molecular flexibility index (Phi) is 4.96. The predicted octanol–water partition coefficient (Wildman–Crippen LogP) is 6.05. The van der Waals surface area contributed by atoms with Crippen molar-refractivity contribution >= 4 is 8.32 Å². The molecule has 0 aromatic rings. The van der Waals surface area contributed by atoms with Crippen molar-refractivity contribution in [1.29, 1.82) is 0 Å². The number of hydrogen-bond acceptors (Lipinski definition) is 2. The monoisotopic (exact) mass is 350 g/mol. The minimum absolute atomic E-state index is 0.0104. The zero-order chi connectivity index (χ0) is 18.6. The largest absolute Gasteiger partial charge is 0.546 e. The first-order valence-corrected chi connectivity index (χ1v) is 12.4. The fourth-order valence-corrected chi connectivity index (χ4v) is 5.81. The lowest BCUT2D eigenvalue weighted by Crippen LogP contribution is -2.48. The van der Waals surface area contributed by atoms with E-state index in [1.54, 1.807) is 0 Å². The van der Waals surface area contributed by atoms with E-state index in [4.69, 9.17) is 4.43 Å². The summed E-state index contributed by atoms with van der Waals surface area (Å²) in [6.07, 6.45) is 4.34. The Bertz CT molecular complexity index is 551. The number of rotatable bonds is 3. The molecule has 0 heterocycles. The molecule has 0 unspecified atom stereocenters. The molecule has 1 N–H and O–H groups in total. The standard InChI is InChI=1S/C21H38O2Si/c1-15-13-17(23-24(8,9)19(2,3)4)18-20(5,6)11-10-12-21(18,7)16(15)14-22/h16,22H,1,10-14H2,2-9H3/t16-,21+/m0/s1. The summed E-state index contributed by atoms with van der Waals surface area (Å²) in [5.74, 6) is 1.35. The van der Waals surface area contributed by atoms with Crippen molar-refractivity contribution in [3.05, 3.63) is 23.5 Å². The molecule has 1 saturated carbocycles. The second kappa shape index (κ2) is 6.02. The summed E-state index contributed by atoms with van der Waals surface area (Å²) in [6.45, 7) is 23.1. The van der Waals surface area contributed by atoms with Gasteiger partial charge in [0.2, 0.25) is 8.32 Å². The molecule has 0 spiro atoms. The van der Waals surface area contributed by atoms with Crippen LogP contribution in [-0.4, -0.2) is 20.0 Å². The number of aliphatic hydroxyl groups is 1. The highest BCUT2D eigenvalue weighted by Crippen LogP contribution is 2.60. The molecular formula is C21H38O2Si. The van der Waals surface area contributed by atoms with Gasteiger partial charge in [-0.25, -0.2) is 0 Å². The van der Waals surface area contributed by atoms with Crippen LogP contribution in [0.15, 0.2) is 23.5 Å². The Balaban J connectivity index is 2.59. The highest BCUT2D eigenvalue weighted by molar-refractivity contribution is 6.74. The van der Waals surface area contributed by atoms with E-state index in [-0.39, 0.29) is 28.4 Å². The minimum Gasteiger partial charge on any atom is -0.546 e. The van der Waals surface area contributed by atoms with Gasteiger partial charge < -0.3 is 9.53 Å². The first-order valence-electron chi connectivity index (χ1n) is 9.48. The summed E-state index contributed by atoms with van der Waals surface area (Å²) < 4.78 is 6.85. The SMILES string of the molecule is C=C1CC(O[Si](C)(C)C(C)(C)C)=C2C(C)(C)CCC[C@]2(C)[C@H]1CO. The Hall–Kier alpha value is -0.543. The maximum atomic E-state index is 10.1. The van der Waals surface area contributed by atoms with E-state index >= 15 is 0 Å². The molecule has 1 fully saturated rings. The van der Waals surface area contributed by atoms with Crippen molar-refractivity contribution in [3.63, 3.8) is 0 Å². The molecular weight excluding hydrogens is 312 g/mol. The van der Waals surface area contributed by atoms with Gasteiger partial charge >= 0.3 is 0 Å². The van der Waals surface area contributed by atoms with E-state index in [1.165, 1.54) is 24.2 Å². The normalized spacial score (nSPS) is 31.0. The molecule has 2 atom stereocenters. The van der Waals surface area contributed by atoms with Crippen LogP contribution in [0.3, 0.4) is 0 Å². The molecule has 0 aromatic heterocycles. The summed E-state index contributed by atoms with van der Waals surface area (Å²) in [5.41, 5.74) is 2.75. The number of allylic oxidation sites excluding steroid dienone is 2. The zero-order valence-corrected chi connectivity index (χ0v) is 18.2. The highest BCUT2D eigenvalue weighted by atomic mass is 28.4. The molecule has 0 aliphatic heterocycles. The van der Waals surface area contributed by atoms with Crippen LogP contribution < -0.4 is 0 Å². The van der Waals surface area contributed by atoms with Crippen LogP contribution in [0.2, 0.25) is 18.1 Å². The van der Waals surface area contributed by atoms with Gasteiger partial charge in [-0.05, 0) is 42.0 Å². The molecule has 0 saturated heterocycles. The third-order valence-electron chi connectivity index (χ3n) is 7.04. The Morgan fingerprint density at radius 1 is 1.21 bits per heavy atom. The lowest BCUT2D eigenvalue weighted by Gasteiger charge is -2.54. The number of aliphatic hydroxyl groups excluding tert-OH is 1.